The Bertz CT molecular complexity index is 1150. The predicted octanol–water partition coefficient (Wildman–Crippen LogP) is 7.24. The number of hydrogen-bond acceptors (Lipinski definition) is 3. The van der Waals surface area contributed by atoms with Gasteiger partial charge in [-0.1, -0.05) is 54.4 Å². The number of thioether (sulfide) groups is 1. The molecule has 0 heterocycles. The molecule has 2 N–H and O–H groups in total. The second kappa shape index (κ2) is 10.9. The van der Waals surface area contributed by atoms with Crippen molar-refractivity contribution in [3.8, 4) is 0 Å². The van der Waals surface area contributed by atoms with Crippen LogP contribution < -0.4 is 10.6 Å². The van der Waals surface area contributed by atoms with E-state index >= 15 is 0 Å². The van der Waals surface area contributed by atoms with Crippen molar-refractivity contribution in [3.05, 3.63) is 87.4 Å². The van der Waals surface area contributed by atoms with Gasteiger partial charge in [-0.3, -0.25) is 9.59 Å². The Hall–Kier alpha value is -2.47. The van der Waals surface area contributed by atoms with E-state index in [9.17, 15) is 9.59 Å². The lowest BCUT2D eigenvalue weighted by molar-refractivity contribution is -0.115. The van der Waals surface area contributed by atoms with Crippen LogP contribution in [0.1, 0.15) is 35.3 Å². The summed E-state index contributed by atoms with van der Waals surface area (Å²) in [5, 5.41) is 6.35. The number of hydrogen-bond donors (Lipinski definition) is 2. The fourth-order valence-corrected chi connectivity index (χ4v) is 4.62. The highest BCUT2D eigenvalue weighted by Gasteiger charge is 2.17. The van der Waals surface area contributed by atoms with Gasteiger partial charge in [-0.15, -0.1) is 11.8 Å². The molecule has 3 rings (SSSR count). The molecular formula is C25H24Cl2N2O2S. The monoisotopic (exact) mass is 486 g/mol. The van der Waals surface area contributed by atoms with Crippen molar-refractivity contribution in [2.75, 3.05) is 10.6 Å². The van der Waals surface area contributed by atoms with Crippen LogP contribution in [0.25, 0.3) is 0 Å². The molecule has 0 spiro atoms. The topological polar surface area (TPSA) is 58.2 Å². The first-order valence-electron chi connectivity index (χ1n) is 10.2. The average molecular weight is 487 g/mol. The van der Waals surface area contributed by atoms with Gasteiger partial charge in [0.2, 0.25) is 5.91 Å². The Morgan fingerprint density at radius 3 is 2.47 bits per heavy atom. The van der Waals surface area contributed by atoms with Gasteiger partial charge >= 0.3 is 0 Å². The van der Waals surface area contributed by atoms with Crippen LogP contribution in [0, 0.1) is 6.92 Å². The number of carbonyl (C=O) groups excluding carboxylic acids is 2. The van der Waals surface area contributed by atoms with Crippen LogP contribution in [0.2, 0.25) is 10.0 Å². The van der Waals surface area contributed by atoms with Crippen LogP contribution in [0.4, 0.5) is 11.4 Å². The predicted molar refractivity (Wildman–Crippen MR) is 135 cm³/mol. The summed E-state index contributed by atoms with van der Waals surface area (Å²) in [6.07, 6.45) is 0.845. The van der Waals surface area contributed by atoms with Gasteiger partial charge < -0.3 is 10.6 Å². The van der Waals surface area contributed by atoms with E-state index in [1.807, 2.05) is 50.2 Å². The van der Waals surface area contributed by atoms with Crippen molar-refractivity contribution in [2.24, 2.45) is 0 Å². The van der Waals surface area contributed by atoms with Gasteiger partial charge in [0.15, 0.2) is 0 Å². The first-order valence-corrected chi connectivity index (χ1v) is 11.8. The third-order valence-electron chi connectivity index (χ3n) is 4.94. The highest BCUT2D eigenvalue weighted by molar-refractivity contribution is 8.00. The molecule has 3 aromatic carbocycles. The Morgan fingerprint density at radius 2 is 1.75 bits per heavy atom. The van der Waals surface area contributed by atoms with Crippen molar-refractivity contribution in [1.29, 1.82) is 0 Å². The number of amides is 2. The van der Waals surface area contributed by atoms with Gasteiger partial charge in [0, 0.05) is 21.3 Å². The average Bonchev–Trinajstić information content (AvgIpc) is 2.75. The Kier molecular flexibility index (Phi) is 8.24. The molecule has 0 aliphatic heterocycles. The molecule has 0 saturated heterocycles. The highest BCUT2D eigenvalue weighted by Crippen LogP contribution is 2.29. The Labute approximate surface area is 202 Å². The summed E-state index contributed by atoms with van der Waals surface area (Å²) < 4.78 is 0. The number of halogens is 2. The van der Waals surface area contributed by atoms with Crippen molar-refractivity contribution < 1.29 is 9.59 Å². The van der Waals surface area contributed by atoms with Crippen LogP contribution in [-0.4, -0.2) is 17.1 Å². The summed E-state index contributed by atoms with van der Waals surface area (Å²) in [6.45, 7) is 5.92. The van der Waals surface area contributed by atoms with E-state index in [1.165, 1.54) is 17.8 Å². The summed E-state index contributed by atoms with van der Waals surface area (Å²) >= 11 is 13.5. The maximum absolute atomic E-state index is 12.8. The summed E-state index contributed by atoms with van der Waals surface area (Å²) in [5.74, 6) is -0.396. The minimum absolute atomic E-state index is 0.0682. The molecule has 166 valence electrons. The second-order valence-corrected chi connectivity index (χ2v) is 9.58. The molecule has 0 aliphatic rings. The summed E-state index contributed by atoms with van der Waals surface area (Å²) in [7, 11) is 0. The molecule has 0 saturated carbocycles. The number of anilines is 2. The van der Waals surface area contributed by atoms with E-state index in [4.69, 9.17) is 23.2 Å². The number of rotatable bonds is 7. The lowest BCUT2D eigenvalue weighted by Crippen LogP contribution is -2.23. The molecule has 1 unspecified atom stereocenters. The molecule has 2 amide bonds. The minimum atomic E-state index is -0.328. The smallest absolute Gasteiger partial charge is 0.257 e. The molecule has 1 atom stereocenters. The van der Waals surface area contributed by atoms with Gasteiger partial charge in [-0.25, -0.2) is 0 Å². The SMILES string of the molecule is CCc1cccc(C)c1NC(=O)C(C)Sc1cccc(NC(=O)c2ccc(Cl)cc2Cl)c1. The molecule has 4 nitrogen and oxygen atoms in total. The zero-order valence-corrected chi connectivity index (χ0v) is 20.4. The van der Waals surface area contributed by atoms with E-state index in [1.54, 1.807) is 18.2 Å². The van der Waals surface area contributed by atoms with Crippen LogP contribution in [0.15, 0.2) is 65.6 Å². The van der Waals surface area contributed by atoms with Gasteiger partial charge in [0.25, 0.3) is 5.91 Å². The summed E-state index contributed by atoms with van der Waals surface area (Å²) in [6, 6.07) is 18.1. The Balaban J connectivity index is 1.67. The zero-order chi connectivity index (χ0) is 23.3. The minimum Gasteiger partial charge on any atom is -0.325 e. The molecule has 32 heavy (non-hydrogen) atoms. The van der Waals surface area contributed by atoms with Crippen molar-refractivity contribution in [3.63, 3.8) is 0 Å². The molecule has 0 aliphatic carbocycles. The number of benzene rings is 3. The largest absolute Gasteiger partial charge is 0.325 e. The van der Waals surface area contributed by atoms with Crippen molar-refractivity contribution >= 4 is 58.2 Å². The van der Waals surface area contributed by atoms with Gasteiger partial charge in [-0.2, -0.15) is 0 Å². The number of aryl methyl sites for hydroxylation is 2. The molecular weight excluding hydrogens is 463 g/mol. The third-order valence-corrected chi connectivity index (χ3v) is 6.58. The normalized spacial score (nSPS) is 11.7. The van der Waals surface area contributed by atoms with Crippen LogP contribution >= 0.6 is 35.0 Å². The number of para-hydroxylation sites is 1. The van der Waals surface area contributed by atoms with Crippen LogP contribution in [0.3, 0.4) is 0 Å². The lowest BCUT2D eigenvalue weighted by Gasteiger charge is -2.16. The maximum atomic E-state index is 12.8. The second-order valence-electron chi connectivity index (χ2n) is 7.32. The fourth-order valence-electron chi connectivity index (χ4n) is 3.20. The maximum Gasteiger partial charge on any atom is 0.257 e. The first-order chi connectivity index (χ1) is 15.3. The summed E-state index contributed by atoms with van der Waals surface area (Å²) in [4.78, 5) is 26.3. The third kappa shape index (κ3) is 6.06. The van der Waals surface area contributed by atoms with Crippen LogP contribution in [0.5, 0.6) is 0 Å². The van der Waals surface area contributed by atoms with E-state index in [-0.39, 0.29) is 22.1 Å². The molecule has 3 aromatic rings. The van der Waals surface area contributed by atoms with E-state index < -0.39 is 0 Å². The van der Waals surface area contributed by atoms with Gasteiger partial charge in [-0.05, 0) is 67.8 Å². The molecule has 7 heteroatoms. The quantitative estimate of drug-likeness (QED) is 0.346. The van der Waals surface area contributed by atoms with Crippen LogP contribution in [-0.2, 0) is 11.2 Å². The van der Waals surface area contributed by atoms with E-state index in [2.05, 4.69) is 17.6 Å². The van der Waals surface area contributed by atoms with E-state index in [0.29, 0.717) is 16.3 Å². The van der Waals surface area contributed by atoms with Crippen molar-refractivity contribution in [2.45, 2.75) is 37.3 Å². The highest BCUT2D eigenvalue weighted by atomic mass is 35.5. The number of nitrogens with one attached hydrogen (secondary N) is 2. The first kappa shape index (κ1) is 24.2. The lowest BCUT2D eigenvalue weighted by atomic mass is 10.1. The van der Waals surface area contributed by atoms with Gasteiger partial charge in [0.05, 0.1) is 15.8 Å². The fraction of sp³-hybridized carbons (Fsp3) is 0.200. The standard InChI is InChI=1S/C25H24Cl2N2O2S/c1-4-17-8-5-7-15(2)23(17)29-24(30)16(3)32-20-10-6-9-19(14-20)28-25(31)21-12-11-18(26)13-22(21)27/h5-14,16H,4H2,1-3H3,(H,28,31)(H,29,30). The summed E-state index contributed by atoms with van der Waals surface area (Å²) in [5.41, 5.74) is 3.99. The molecule has 0 aromatic heterocycles. The van der Waals surface area contributed by atoms with Crippen molar-refractivity contribution in [1.82, 2.24) is 0 Å². The molecule has 0 bridgehead atoms. The molecule has 0 radical (unpaired) electrons. The Morgan fingerprint density at radius 1 is 1.00 bits per heavy atom. The molecule has 0 fully saturated rings. The zero-order valence-electron chi connectivity index (χ0n) is 18.0. The number of carbonyl (C=O) groups is 2. The van der Waals surface area contributed by atoms with Gasteiger partial charge in [0.1, 0.15) is 0 Å². The van der Waals surface area contributed by atoms with E-state index in [0.717, 1.165) is 28.1 Å².